The van der Waals surface area contributed by atoms with Gasteiger partial charge in [-0.2, -0.15) is 0 Å². The Labute approximate surface area is 152 Å². The van der Waals surface area contributed by atoms with Crippen LogP contribution in [0.15, 0.2) is 34.1 Å². The Bertz CT molecular complexity index is 603. The minimum absolute atomic E-state index is 0. The number of aromatic nitrogens is 2. The summed E-state index contributed by atoms with van der Waals surface area (Å²) in [5.74, 6) is 1.55. The number of nitrogens with one attached hydrogen (secondary N) is 2. The summed E-state index contributed by atoms with van der Waals surface area (Å²) in [5.41, 5.74) is 0. The number of imidazole rings is 1. The number of nitrogens with zero attached hydrogens (tertiary/aromatic N) is 2. The molecule has 0 radical (unpaired) electrons. The molecular formula is C14H22Cl2N4O2S. The van der Waals surface area contributed by atoms with Gasteiger partial charge in [-0.25, -0.2) is 4.98 Å². The maximum atomic E-state index is 11.9. The summed E-state index contributed by atoms with van der Waals surface area (Å²) < 4.78 is 7.50. The minimum Gasteiger partial charge on any atom is -0.455 e. The van der Waals surface area contributed by atoms with Gasteiger partial charge in [0, 0.05) is 32.0 Å². The Morgan fingerprint density at radius 3 is 2.78 bits per heavy atom. The third kappa shape index (κ3) is 6.47. The van der Waals surface area contributed by atoms with Crippen LogP contribution in [0.1, 0.15) is 23.2 Å². The lowest BCUT2D eigenvalue weighted by molar-refractivity contribution is 0.0921. The van der Waals surface area contributed by atoms with Crippen LogP contribution in [0.2, 0.25) is 0 Å². The highest BCUT2D eigenvalue weighted by atomic mass is 35.5. The molecule has 0 fully saturated rings. The van der Waals surface area contributed by atoms with E-state index in [0.717, 1.165) is 10.9 Å². The van der Waals surface area contributed by atoms with Crippen molar-refractivity contribution < 1.29 is 9.21 Å². The largest absolute Gasteiger partial charge is 0.455 e. The number of halogens is 2. The maximum absolute atomic E-state index is 11.9. The molecule has 2 aromatic heterocycles. The monoisotopic (exact) mass is 380 g/mol. The average molecular weight is 381 g/mol. The van der Waals surface area contributed by atoms with E-state index in [1.165, 1.54) is 0 Å². The quantitative estimate of drug-likeness (QED) is 0.721. The van der Waals surface area contributed by atoms with Crippen LogP contribution in [0.4, 0.5) is 0 Å². The van der Waals surface area contributed by atoms with Crippen molar-refractivity contribution in [2.45, 2.75) is 23.9 Å². The number of carbonyl (C=O) groups is 1. The van der Waals surface area contributed by atoms with Gasteiger partial charge in [0.2, 0.25) is 0 Å². The number of hydrogen-bond donors (Lipinski definition) is 2. The lowest BCUT2D eigenvalue weighted by Crippen LogP contribution is -2.37. The predicted molar refractivity (Wildman–Crippen MR) is 96.8 cm³/mol. The van der Waals surface area contributed by atoms with E-state index >= 15 is 0 Å². The summed E-state index contributed by atoms with van der Waals surface area (Å²) in [7, 11) is 3.80. The molecule has 1 atom stereocenters. The van der Waals surface area contributed by atoms with Gasteiger partial charge in [0.1, 0.15) is 5.76 Å². The van der Waals surface area contributed by atoms with Crippen LogP contribution in [-0.4, -0.2) is 35.1 Å². The average Bonchev–Trinajstić information content (AvgIpc) is 3.11. The van der Waals surface area contributed by atoms with Gasteiger partial charge in [0.05, 0.1) is 5.75 Å². The van der Waals surface area contributed by atoms with Gasteiger partial charge in [-0.15, -0.1) is 24.8 Å². The third-order valence-corrected chi connectivity index (χ3v) is 4.15. The molecular weight excluding hydrogens is 359 g/mol. The van der Waals surface area contributed by atoms with Gasteiger partial charge in [0.15, 0.2) is 10.9 Å². The Morgan fingerprint density at radius 1 is 1.43 bits per heavy atom. The zero-order chi connectivity index (χ0) is 15.2. The van der Waals surface area contributed by atoms with Crippen LogP contribution in [0, 0.1) is 0 Å². The van der Waals surface area contributed by atoms with E-state index in [2.05, 4.69) is 15.6 Å². The highest BCUT2D eigenvalue weighted by Crippen LogP contribution is 2.21. The second-order valence-electron chi connectivity index (χ2n) is 4.78. The summed E-state index contributed by atoms with van der Waals surface area (Å²) in [6.07, 6.45) is 3.65. The zero-order valence-corrected chi connectivity index (χ0v) is 15.7. The number of aryl methyl sites for hydroxylation is 1. The minimum atomic E-state index is -0.189. The lowest BCUT2D eigenvalue weighted by Gasteiger charge is -2.10. The van der Waals surface area contributed by atoms with E-state index in [1.807, 2.05) is 37.8 Å². The Balaban J connectivity index is 0.00000242. The molecule has 1 unspecified atom stereocenters. The number of rotatable bonds is 7. The van der Waals surface area contributed by atoms with Gasteiger partial charge in [-0.1, -0.05) is 11.8 Å². The smallest absolute Gasteiger partial charge is 0.287 e. The van der Waals surface area contributed by atoms with Crippen molar-refractivity contribution in [3.05, 3.63) is 36.0 Å². The lowest BCUT2D eigenvalue weighted by atomic mass is 10.3. The molecule has 6 nitrogen and oxygen atoms in total. The zero-order valence-electron chi connectivity index (χ0n) is 13.2. The number of carbonyl (C=O) groups excluding carboxylic acids is 1. The topological polar surface area (TPSA) is 72.1 Å². The predicted octanol–water partition coefficient (Wildman–Crippen LogP) is 2.49. The summed E-state index contributed by atoms with van der Waals surface area (Å²) >= 11 is 1.57. The molecule has 0 aliphatic rings. The summed E-state index contributed by atoms with van der Waals surface area (Å²) in [5, 5.41) is 6.80. The molecule has 2 N–H and O–H groups in total. The highest BCUT2D eigenvalue weighted by molar-refractivity contribution is 7.98. The van der Waals surface area contributed by atoms with Crippen molar-refractivity contribution in [3.63, 3.8) is 0 Å². The van der Waals surface area contributed by atoms with E-state index in [1.54, 1.807) is 24.0 Å². The van der Waals surface area contributed by atoms with Gasteiger partial charge in [-0.05, 0) is 26.1 Å². The van der Waals surface area contributed by atoms with Crippen LogP contribution in [0.25, 0.3) is 0 Å². The molecule has 2 aromatic rings. The second kappa shape index (κ2) is 10.6. The molecule has 0 bridgehead atoms. The molecule has 0 aliphatic carbocycles. The molecule has 0 saturated heterocycles. The third-order valence-electron chi connectivity index (χ3n) is 3.07. The Hall–Kier alpha value is -1.15. The first-order valence-corrected chi connectivity index (χ1v) is 7.73. The summed E-state index contributed by atoms with van der Waals surface area (Å²) in [6, 6.07) is 3.75. The van der Waals surface area contributed by atoms with Gasteiger partial charge in [0.25, 0.3) is 5.91 Å². The van der Waals surface area contributed by atoms with Crippen molar-refractivity contribution in [2.75, 3.05) is 13.6 Å². The molecule has 1 amide bonds. The molecule has 0 aromatic carbocycles. The molecule has 0 aliphatic heterocycles. The van der Waals surface area contributed by atoms with E-state index in [-0.39, 0.29) is 36.8 Å². The normalized spacial score (nSPS) is 11.3. The molecule has 0 saturated carbocycles. The van der Waals surface area contributed by atoms with Crippen molar-refractivity contribution >= 4 is 42.5 Å². The first kappa shape index (κ1) is 21.9. The maximum Gasteiger partial charge on any atom is 0.287 e. The first-order chi connectivity index (χ1) is 10.1. The van der Waals surface area contributed by atoms with Crippen LogP contribution >= 0.6 is 36.6 Å². The van der Waals surface area contributed by atoms with Crippen LogP contribution in [0.3, 0.4) is 0 Å². The molecule has 2 rings (SSSR count). The number of thioether (sulfide) groups is 1. The van der Waals surface area contributed by atoms with E-state index in [4.69, 9.17) is 4.42 Å². The van der Waals surface area contributed by atoms with Gasteiger partial charge >= 0.3 is 0 Å². The van der Waals surface area contributed by atoms with E-state index in [9.17, 15) is 4.79 Å². The summed E-state index contributed by atoms with van der Waals surface area (Å²) in [4.78, 5) is 16.1. The Morgan fingerprint density at radius 2 is 2.17 bits per heavy atom. The first-order valence-electron chi connectivity index (χ1n) is 6.74. The van der Waals surface area contributed by atoms with Crippen LogP contribution < -0.4 is 10.6 Å². The number of likely N-dealkylation sites (N-methyl/N-ethyl adjacent to an activating group) is 1. The molecule has 23 heavy (non-hydrogen) atoms. The van der Waals surface area contributed by atoms with Crippen molar-refractivity contribution in [1.82, 2.24) is 20.2 Å². The molecule has 0 spiro atoms. The molecule has 130 valence electrons. The van der Waals surface area contributed by atoms with Gasteiger partial charge < -0.3 is 19.6 Å². The van der Waals surface area contributed by atoms with Crippen molar-refractivity contribution in [1.29, 1.82) is 0 Å². The van der Waals surface area contributed by atoms with Crippen LogP contribution in [0.5, 0.6) is 0 Å². The fourth-order valence-electron chi connectivity index (χ4n) is 1.64. The number of furan rings is 1. The SMILES string of the molecule is CNC(C)CNC(=O)c1ccc(CSc2nccn2C)o1.Cl.Cl. The highest BCUT2D eigenvalue weighted by Gasteiger charge is 2.12. The number of hydrogen-bond acceptors (Lipinski definition) is 5. The number of amides is 1. The Kier molecular flexibility index (Phi) is 10.1. The van der Waals surface area contributed by atoms with Crippen LogP contribution in [-0.2, 0) is 12.8 Å². The standard InChI is InChI=1S/C14H20N4O2S.2ClH/c1-10(15-2)8-17-13(19)12-5-4-11(20-12)9-21-14-16-6-7-18(14)3;;/h4-7,10,15H,8-9H2,1-3H3,(H,17,19);2*1H. The van der Waals surface area contributed by atoms with Gasteiger partial charge in [-0.3, -0.25) is 4.79 Å². The second-order valence-corrected chi connectivity index (χ2v) is 5.72. The summed E-state index contributed by atoms with van der Waals surface area (Å²) in [6.45, 7) is 2.56. The fourth-order valence-corrected chi connectivity index (χ4v) is 2.47. The molecule has 2 heterocycles. The van der Waals surface area contributed by atoms with Crippen molar-refractivity contribution in [3.8, 4) is 0 Å². The van der Waals surface area contributed by atoms with E-state index in [0.29, 0.717) is 18.1 Å². The fraction of sp³-hybridized carbons (Fsp3) is 0.429. The van der Waals surface area contributed by atoms with E-state index < -0.39 is 0 Å². The molecule has 9 heteroatoms. The van der Waals surface area contributed by atoms with Crippen molar-refractivity contribution in [2.24, 2.45) is 7.05 Å².